The molecule has 0 saturated heterocycles. The molecule has 0 aromatic carbocycles. The number of aliphatic imine (C=N–C) groups is 1. The van der Waals surface area contributed by atoms with Crippen LogP contribution in [-0.2, 0) is 4.79 Å². The first-order valence-corrected chi connectivity index (χ1v) is 2.52. The Morgan fingerprint density at radius 3 is 2.33 bits per heavy atom. The molecule has 48 valence electrons. The van der Waals surface area contributed by atoms with Gasteiger partial charge in [0, 0.05) is 6.92 Å². The Kier molecular flexibility index (Phi) is 3.28. The van der Waals surface area contributed by atoms with E-state index < -0.39 is 0 Å². The second-order valence-electron chi connectivity index (χ2n) is 1.50. The highest BCUT2D eigenvalue weighted by Crippen LogP contribution is 1.95. The Hall–Kier alpha value is -1.18. The van der Waals surface area contributed by atoms with Crippen molar-refractivity contribution in [3.63, 3.8) is 0 Å². The maximum atomic E-state index is 10.5. The summed E-state index contributed by atoms with van der Waals surface area (Å²) in [5, 5.41) is 0. The molecule has 0 aliphatic carbocycles. The number of carbonyl (C=O) groups excluding carboxylic acids is 1. The van der Waals surface area contributed by atoms with Crippen LogP contribution < -0.4 is 0 Å². The normalized spacial score (nSPS) is 10.6. The van der Waals surface area contributed by atoms with Crippen molar-refractivity contribution in [2.24, 2.45) is 4.99 Å². The fraction of sp³-hybridized carbons (Fsp3) is 0.143. The first-order chi connectivity index (χ1) is 4.22. The molecule has 0 saturated carbocycles. The molecule has 0 aliphatic rings. The van der Waals surface area contributed by atoms with Crippen LogP contribution in [0.3, 0.4) is 0 Å². The Morgan fingerprint density at radius 2 is 2.22 bits per heavy atom. The third-order valence-corrected chi connectivity index (χ3v) is 0.807. The highest BCUT2D eigenvalue weighted by atomic mass is 16.1. The first kappa shape index (κ1) is 7.82. The maximum Gasteiger partial charge on any atom is 0.178 e. The SMILES string of the molecule is C=CC=C(N=C)C(C)=O. The number of carbonyl (C=O) groups is 1. The minimum atomic E-state index is -0.0927. The zero-order chi connectivity index (χ0) is 7.28. The Bertz CT molecular complexity index is 168. The van der Waals surface area contributed by atoms with Crippen LogP contribution >= 0.6 is 0 Å². The summed E-state index contributed by atoms with van der Waals surface area (Å²) < 4.78 is 0. The van der Waals surface area contributed by atoms with Gasteiger partial charge < -0.3 is 0 Å². The van der Waals surface area contributed by atoms with Gasteiger partial charge in [-0.2, -0.15) is 0 Å². The van der Waals surface area contributed by atoms with Crippen molar-refractivity contribution in [2.75, 3.05) is 0 Å². The summed E-state index contributed by atoms with van der Waals surface area (Å²) in [6.45, 7) is 8.06. The summed E-state index contributed by atoms with van der Waals surface area (Å²) in [4.78, 5) is 14.0. The van der Waals surface area contributed by atoms with Gasteiger partial charge in [-0.3, -0.25) is 9.79 Å². The van der Waals surface area contributed by atoms with E-state index in [0.29, 0.717) is 5.70 Å². The molecule has 0 radical (unpaired) electrons. The van der Waals surface area contributed by atoms with Crippen LogP contribution in [0.5, 0.6) is 0 Å². The fourth-order valence-corrected chi connectivity index (χ4v) is 0.393. The van der Waals surface area contributed by atoms with Crippen LogP contribution in [0.25, 0.3) is 0 Å². The number of Topliss-reactive ketones (excluding diaryl/α,β-unsaturated/α-hetero) is 1. The van der Waals surface area contributed by atoms with Gasteiger partial charge in [-0.25, -0.2) is 0 Å². The molecule has 0 rings (SSSR count). The van der Waals surface area contributed by atoms with Crippen LogP contribution in [0.4, 0.5) is 0 Å². The highest BCUT2D eigenvalue weighted by Gasteiger charge is 1.95. The zero-order valence-corrected chi connectivity index (χ0v) is 5.42. The van der Waals surface area contributed by atoms with E-state index in [-0.39, 0.29) is 5.78 Å². The number of allylic oxidation sites excluding steroid dienone is 3. The number of nitrogens with zero attached hydrogens (tertiary/aromatic N) is 1. The minimum absolute atomic E-state index is 0.0927. The van der Waals surface area contributed by atoms with Crippen molar-refractivity contribution < 1.29 is 4.79 Å². The number of hydrogen-bond acceptors (Lipinski definition) is 2. The minimum Gasteiger partial charge on any atom is -0.293 e. The van der Waals surface area contributed by atoms with Gasteiger partial charge in [-0.15, -0.1) is 0 Å². The van der Waals surface area contributed by atoms with Crippen LogP contribution in [-0.4, -0.2) is 12.5 Å². The number of rotatable bonds is 3. The average Bonchev–Trinajstić information content (AvgIpc) is 1.82. The fourth-order valence-electron chi connectivity index (χ4n) is 0.393. The molecule has 0 amide bonds. The topological polar surface area (TPSA) is 29.4 Å². The van der Waals surface area contributed by atoms with Gasteiger partial charge in [0.2, 0.25) is 0 Å². The standard InChI is InChI=1S/C7H9NO/c1-4-5-7(8-3)6(2)9/h4-5H,1,3H2,2H3. The van der Waals surface area contributed by atoms with E-state index in [4.69, 9.17) is 0 Å². The summed E-state index contributed by atoms with van der Waals surface area (Å²) in [6.07, 6.45) is 3.03. The molecule has 0 aromatic heterocycles. The Morgan fingerprint density at radius 1 is 1.67 bits per heavy atom. The monoisotopic (exact) mass is 123 g/mol. The van der Waals surface area contributed by atoms with Gasteiger partial charge in [0.1, 0.15) is 5.70 Å². The third-order valence-electron chi connectivity index (χ3n) is 0.807. The molecule has 2 heteroatoms. The lowest BCUT2D eigenvalue weighted by molar-refractivity contribution is -0.113. The van der Waals surface area contributed by atoms with E-state index in [1.54, 1.807) is 0 Å². The molecule has 0 N–H and O–H groups in total. The van der Waals surface area contributed by atoms with E-state index in [1.165, 1.54) is 19.1 Å². The Labute approximate surface area is 54.6 Å². The van der Waals surface area contributed by atoms with E-state index in [1.807, 2.05) is 0 Å². The predicted molar refractivity (Wildman–Crippen MR) is 38.5 cm³/mol. The molecule has 0 unspecified atom stereocenters. The van der Waals surface area contributed by atoms with E-state index >= 15 is 0 Å². The summed E-state index contributed by atoms with van der Waals surface area (Å²) >= 11 is 0. The average molecular weight is 123 g/mol. The van der Waals surface area contributed by atoms with Gasteiger partial charge in [-0.1, -0.05) is 12.7 Å². The smallest absolute Gasteiger partial charge is 0.178 e. The quantitative estimate of drug-likeness (QED) is 0.316. The first-order valence-electron chi connectivity index (χ1n) is 2.52. The van der Waals surface area contributed by atoms with Crippen molar-refractivity contribution in [3.05, 3.63) is 24.4 Å². The third kappa shape index (κ3) is 2.59. The lowest BCUT2D eigenvalue weighted by atomic mass is 10.3. The molecule has 0 aliphatic heterocycles. The molecular weight excluding hydrogens is 114 g/mol. The molecule has 0 fully saturated rings. The summed E-state index contributed by atoms with van der Waals surface area (Å²) in [5.74, 6) is -0.0927. The van der Waals surface area contributed by atoms with Crippen LogP contribution in [0.15, 0.2) is 29.4 Å². The molecule has 0 heterocycles. The van der Waals surface area contributed by atoms with E-state index in [9.17, 15) is 4.79 Å². The molecule has 0 atom stereocenters. The van der Waals surface area contributed by atoms with Gasteiger partial charge in [0.05, 0.1) is 0 Å². The zero-order valence-electron chi connectivity index (χ0n) is 5.42. The van der Waals surface area contributed by atoms with Gasteiger partial charge >= 0.3 is 0 Å². The largest absolute Gasteiger partial charge is 0.293 e. The number of ketones is 1. The summed E-state index contributed by atoms with van der Waals surface area (Å²) in [5.41, 5.74) is 0.352. The van der Waals surface area contributed by atoms with E-state index in [2.05, 4.69) is 18.3 Å². The molecular formula is C7H9NO. The van der Waals surface area contributed by atoms with Crippen molar-refractivity contribution in [3.8, 4) is 0 Å². The molecule has 0 spiro atoms. The second kappa shape index (κ2) is 3.78. The Balaban J connectivity index is 4.32. The van der Waals surface area contributed by atoms with E-state index in [0.717, 1.165) is 0 Å². The van der Waals surface area contributed by atoms with Gasteiger partial charge in [0.15, 0.2) is 5.78 Å². The van der Waals surface area contributed by atoms with Gasteiger partial charge in [-0.05, 0) is 12.8 Å². The molecule has 0 aromatic rings. The van der Waals surface area contributed by atoms with Crippen molar-refractivity contribution in [1.82, 2.24) is 0 Å². The lowest BCUT2D eigenvalue weighted by Crippen LogP contribution is -1.91. The van der Waals surface area contributed by atoms with Gasteiger partial charge in [0.25, 0.3) is 0 Å². The molecule has 2 nitrogen and oxygen atoms in total. The second-order valence-corrected chi connectivity index (χ2v) is 1.50. The highest BCUT2D eigenvalue weighted by molar-refractivity contribution is 5.93. The van der Waals surface area contributed by atoms with Crippen LogP contribution in [0.2, 0.25) is 0 Å². The van der Waals surface area contributed by atoms with Crippen LogP contribution in [0, 0.1) is 0 Å². The number of hydrogen-bond donors (Lipinski definition) is 0. The maximum absolute atomic E-state index is 10.5. The van der Waals surface area contributed by atoms with Crippen molar-refractivity contribution >= 4 is 12.5 Å². The summed E-state index contributed by atoms with van der Waals surface area (Å²) in [7, 11) is 0. The lowest BCUT2D eigenvalue weighted by Gasteiger charge is -1.88. The van der Waals surface area contributed by atoms with Crippen LogP contribution in [0.1, 0.15) is 6.92 Å². The molecule has 9 heavy (non-hydrogen) atoms. The van der Waals surface area contributed by atoms with Crippen molar-refractivity contribution in [2.45, 2.75) is 6.92 Å². The molecule has 0 bridgehead atoms. The predicted octanol–water partition coefficient (Wildman–Crippen LogP) is 1.35. The summed E-state index contributed by atoms with van der Waals surface area (Å²) in [6, 6.07) is 0. The van der Waals surface area contributed by atoms with Crippen molar-refractivity contribution in [1.29, 1.82) is 0 Å².